The molecule has 0 atom stereocenters. The molecular formula is C19H21ClN4O. The summed E-state index contributed by atoms with van der Waals surface area (Å²) in [6.07, 6.45) is 0.771. The predicted molar refractivity (Wildman–Crippen MR) is 104 cm³/mol. The number of nitrogens with zero attached hydrogens (tertiary/aromatic N) is 3. The first kappa shape index (κ1) is 18.7. The zero-order chi connectivity index (χ0) is 17.3. The Balaban J connectivity index is 0.00000225. The molecule has 1 aromatic carbocycles. The van der Waals surface area contributed by atoms with E-state index in [4.69, 9.17) is 5.73 Å². The highest BCUT2D eigenvalue weighted by Crippen LogP contribution is 2.30. The van der Waals surface area contributed by atoms with E-state index < -0.39 is 0 Å². The van der Waals surface area contributed by atoms with Crippen LogP contribution in [0.5, 0.6) is 0 Å². The number of aromatic nitrogens is 2. The van der Waals surface area contributed by atoms with Gasteiger partial charge in [0.2, 0.25) is 0 Å². The fourth-order valence-corrected chi connectivity index (χ4v) is 2.75. The molecule has 5 nitrogen and oxygen atoms in total. The Hall–Kier alpha value is -2.66. The van der Waals surface area contributed by atoms with E-state index in [0.29, 0.717) is 11.5 Å². The molecule has 130 valence electrons. The lowest BCUT2D eigenvalue weighted by atomic mass is 9.99. The summed E-state index contributed by atoms with van der Waals surface area (Å²) < 4.78 is 0. The Morgan fingerprint density at radius 2 is 1.80 bits per heavy atom. The normalized spacial score (nSPS) is 10.4. The van der Waals surface area contributed by atoms with Gasteiger partial charge in [-0.25, -0.2) is 9.97 Å². The third kappa shape index (κ3) is 3.56. The molecule has 0 aliphatic rings. The van der Waals surface area contributed by atoms with Gasteiger partial charge < -0.3 is 10.6 Å². The zero-order valence-electron chi connectivity index (χ0n) is 14.5. The van der Waals surface area contributed by atoms with Crippen molar-refractivity contribution in [2.75, 3.05) is 19.8 Å². The van der Waals surface area contributed by atoms with Crippen molar-refractivity contribution in [3.05, 3.63) is 53.9 Å². The molecule has 25 heavy (non-hydrogen) atoms. The fourth-order valence-electron chi connectivity index (χ4n) is 2.75. The Kier molecular flexibility index (Phi) is 5.59. The van der Waals surface area contributed by atoms with Crippen LogP contribution >= 0.6 is 12.4 Å². The summed E-state index contributed by atoms with van der Waals surface area (Å²) in [7, 11) is 3.44. The summed E-state index contributed by atoms with van der Waals surface area (Å²) in [5.74, 6) is 0.394. The molecule has 2 N–H and O–H groups in total. The van der Waals surface area contributed by atoms with Crippen molar-refractivity contribution in [1.29, 1.82) is 0 Å². The molecule has 0 fully saturated rings. The molecule has 0 aliphatic carbocycles. The van der Waals surface area contributed by atoms with E-state index in [1.54, 1.807) is 26.2 Å². The number of hydrogen-bond acceptors (Lipinski definition) is 4. The molecule has 1 amide bonds. The molecule has 0 saturated heterocycles. The first-order valence-corrected chi connectivity index (χ1v) is 7.88. The molecular weight excluding hydrogens is 336 g/mol. The third-order valence-corrected chi connectivity index (χ3v) is 3.97. The van der Waals surface area contributed by atoms with Crippen LogP contribution < -0.4 is 5.73 Å². The number of carbonyl (C=O) groups excluding carboxylic acids is 1. The number of rotatable bonds is 3. The van der Waals surface area contributed by atoms with Crippen LogP contribution in [0.3, 0.4) is 0 Å². The minimum atomic E-state index is -0.113. The summed E-state index contributed by atoms with van der Waals surface area (Å²) in [6.45, 7) is 2.05. The van der Waals surface area contributed by atoms with Crippen LogP contribution in [-0.4, -0.2) is 34.9 Å². The number of nitrogen functional groups attached to an aromatic ring is 1. The highest BCUT2D eigenvalue weighted by atomic mass is 35.5. The third-order valence-electron chi connectivity index (χ3n) is 3.97. The molecule has 0 aliphatic heterocycles. The summed E-state index contributed by atoms with van der Waals surface area (Å²) >= 11 is 0. The second-order valence-electron chi connectivity index (χ2n) is 5.86. The second-order valence-corrected chi connectivity index (χ2v) is 5.86. The number of nitrogens with two attached hydrogens (primary N) is 1. The molecule has 0 radical (unpaired) electrons. The maximum absolute atomic E-state index is 12.2. The monoisotopic (exact) mass is 356 g/mol. The Labute approximate surface area is 153 Å². The van der Waals surface area contributed by atoms with E-state index in [2.05, 4.69) is 9.97 Å². The van der Waals surface area contributed by atoms with Crippen LogP contribution in [0.2, 0.25) is 0 Å². The Morgan fingerprint density at radius 1 is 1.04 bits per heavy atom. The van der Waals surface area contributed by atoms with Crippen molar-refractivity contribution in [3.63, 3.8) is 0 Å². The van der Waals surface area contributed by atoms with Gasteiger partial charge in [-0.05, 0) is 24.6 Å². The maximum Gasteiger partial charge on any atom is 0.271 e. The number of amides is 1. The number of pyridine rings is 2. The van der Waals surface area contributed by atoms with Crippen LogP contribution in [0.25, 0.3) is 22.0 Å². The van der Waals surface area contributed by atoms with E-state index in [1.807, 2.05) is 37.3 Å². The number of benzene rings is 1. The smallest absolute Gasteiger partial charge is 0.271 e. The molecule has 0 saturated carbocycles. The highest BCUT2D eigenvalue weighted by Gasteiger charge is 2.14. The van der Waals surface area contributed by atoms with E-state index in [0.717, 1.165) is 34.1 Å². The van der Waals surface area contributed by atoms with Gasteiger partial charge in [-0.1, -0.05) is 31.2 Å². The van der Waals surface area contributed by atoms with Gasteiger partial charge in [0.25, 0.3) is 5.91 Å². The Bertz CT molecular complexity index is 924. The largest absolute Gasteiger partial charge is 0.384 e. The number of halogens is 1. The van der Waals surface area contributed by atoms with Crippen LogP contribution in [0, 0.1) is 0 Å². The highest BCUT2D eigenvalue weighted by molar-refractivity contribution is 5.99. The van der Waals surface area contributed by atoms with Gasteiger partial charge in [-0.3, -0.25) is 4.79 Å². The average Bonchev–Trinajstić information content (AvgIpc) is 2.60. The van der Waals surface area contributed by atoms with E-state index in [9.17, 15) is 4.79 Å². The zero-order valence-corrected chi connectivity index (χ0v) is 15.3. The molecule has 0 spiro atoms. The molecule has 2 aromatic heterocycles. The molecule has 2 heterocycles. The lowest BCUT2D eigenvalue weighted by molar-refractivity contribution is 0.0822. The first-order chi connectivity index (χ1) is 11.5. The lowest BCUT2D eigenvalue weighted by Crippen LogP contribution is -2.22. The number of para-hydroxylation sites is 1. The molecule has 0 unspecified atom stereocenters. The standard InChI is InChI=1S/C19H20N4O.ClH/c1-4-15-13(9-11-17(20)21-15)14-7-5-6-12-8-10-16(22-18(12)14)19(24)23(2)3;/h5-11H,4H2,1-3H3,(H2,20,21);1H. The van der Waals surface area contributed by atoms with Crippen LogP contribution in [0.15, 0.2) is 42.5 Å². The van der Waals surface area contributed by atoms with Gasteiger partial charge in [0.15, 0.2) is 0 Å². The van der Waals surface area contributed by atoms with Crippen molar-refractivity contribution < 1.29 is 4.79 Å². The SMILES string of the molecule is CCc1nc(N)ccc1-c1cccc2ccc(C(=O)N(C)C)nc12.Cl. The van der Waals surface area contributed by atoms with Crippen molar-refractivity contribution in [1.82, 2.24) is 14.9 Å². The van der Waals surface area contributed by atoms with Crippen molar-refractivity contribution in [2.45, 2.75) is 13.3 Å². The van der Waals surface area contributed by atoms with Gasteiger partial charge in [-0.2, -0.15) is 0 Å². The van der Waals surface area contributed by atoms with E-state index >= 15 is 0 Å². The summed E-state index contributed by atoms with van der Waals surface area (Å²) in [5, 5.41) is 0.988. The van der Waals surface area contributed by atoms with Crippen molar-refractivity contribution >= 4 is 35.0 Å². The Morgan fingerprint density at radius 3 is 2.48 bits per heavy atom. The van der Waals surface area contributed by atoms with Gasteiger partial charge in [-0.15, -0.1) is 12.4 Å². The maximum atomic E-state index is 12.2. The predicted octanol–water partition coefficient (Wildman–Crippen LogP) is 3.57. The minimum absolute atomic E-state index is 0. The number of carbonyl (C=O) groups is 1. The lowest BCUT2D eigenvalue weighted by Gasteiger charge is -2.13. The molecule has 0 bridgehead atoms. The van der Waals surface area contributed by atoms with Crippen LogP contribution in [0.4, 0.5) is 5.82 Å². The molecule has 3 rings (SSSR count). The van der Waals surface area contributed by atoms with Gasteiger partial charge in [0, 0.05) is 30.6 Å². The number of anilines is 1. The molecule has 3 aromatic rings. The minimum Gasteiger partial charge on any atom is -0.384 e. The quantitative estimate of drug-likeness (QED) is 0.778. The van der Waals surface area contributed by atoms with Crippen LogP contribution in [-0.2, 0) is 6.42 Å². The van der Waals surface area contributed by atoms with Gasteiger partial charge in [0.1, 0.15) is 11.5 Å². The number of fused-ring (bicyclic) bond motifs is 1. The summed E-state index contributed by atoms with van der Waals surface area (Å²) in [6, 6.07) is 13.4. The average molecular weight is 357 g/mol. The van der Waals surface area contributed by atoms with Crippen LogP contribution in [0.1, 0.15) is 23.1 Å². The molecule has 6 heteroatoms. The number of aryl methyl sites for hydroxylation is 1. The van der Waals surface area contributed by atoms with Crippen molar-refractivity contribution in [2.24, 2.45) is 0 Å². The second kappa shape index (κ2) is 7.49. The first-order valence-electron chi connectivity index (χ1n) is 7.88. The van der Waals surface area contributed by atoms with E-state index in [1.165, 1.54) is 4.90 Å². The summed E-state index contributed by atoms with van der Waals surface area (Å²) in [4.78, 5) is 22.8. The van der Waals surface area contributed by atoms with Gasteiger partial charge in [0.05, 0.1) is 11.2 Å². The van der Waals surface area contributed by atoms with Crippen molar-refractivity contribution in [3.8, 4) is 11.1 Å². The number of hydrogen-bond donors (Lipinski definition) is 1. The van der Waals surface area contributed by atoms with Gasteiger partial charge >= 0.3 is 0 Å². The summed E-state index contributed by atoms with van der Waals surface area (Å²) in [5.41, 5.74) is 9.93. The topological polar surface area (TPSA) is 72.1 Å². The van der Waals surface area contributed by atoms with E-state index in [-0.39, 0.29) is 18.3 Å². The fraction of sp³-hybridized carbons (Fsp3) is 0.211.